The van der Waals surface area contributed by atoms with Crippen LogP contribution in [0.5, 0.6) is 0 Å². The molecule has 1 aliphatic rings. The van der Waals surface area contributed by atoms with E-state index in [4.69, 9.17) is 11.6 Å². The predicted molar refractivity (Wildman–Crippen MR) is 69.4 cm³/mol. The molecule has 0 aliphatic heterocycles. The molecule has 0 amide bonds. The molecule has 90 valence electrons. The Hall–Kier alpha value is -1.29. The summed E-state index contributed by atoms with van der Waals surface area (Å²) in [5, 5.41) is 3.80. The summed E-state index contributed by atoms with van der Waals surface area (Å²) >= 11 is 5.95. The molecular weight excluding hydrogens is 236 g/mol. The first-order valence-corrected chi connectivity index (χ1v) is 6.37. The predicted octanol–water partition coefficient (Wildman–Crippen LogP) is 2.98. The molecule has 2 aromatic heterocycles. The van der Waals surface area contributed by atoms with Gasteiger partial charge in [0.2, 0.25) is 5.28 Å². The Morgan fingerprint density at radius 2 is 2.12 bits per heavy atom. The van der Waals surface area contributed by atoms with Crippen LogP contribution in [-0.2, 0) is 7.05 Å². The van der Waals surface area contributed by atoms with Gasteiger partial charge in [-0.3, -0.25) is 0 Å². The van der Waals surface area contributed by atoms with Crippen molar-refractivity contribution < 1.29 is 0 Å². The van der Waals surface area contributed by atoms with Gasteiger partial charge >= 0.3 is 0 Å². The normalized spacial score (nSPS) is 16.8. The summed E-state index contributed by atoms with van der Waals surface area (Å²) in [6.45, 7) is 0. The van der Waals surface area contributed by atoms with Crippen LogP contribution < -0.4 is 5.32 Å². The van der Waals surface area contributed by atoms with Crippen LogP contribution in [0.25, 0.3) is 11.0 Å². The fourth-order valence-electron chi connectivity index (χ4n) is 2.53. The molecule has 17 heavy (non-hydrogen) atoms. The lowest BCUT2D eigenvalue weighted by Crippen LogP contribution is -2.16. The number of aryl methyl sites for hydroxylation is 1. The van der Waals surface area contributed by atoms with Crippen LogP contribution in [0, 0.1) is 0 Å². The van der Waals surface area contributed by atoms with Crippen molar-refractivity contribution in [2.24, 2.45) is 7.05 Å². The van der Waals surface area contributed by atoms with E-state index in [2.05, 4.69) is 15.3 Å². The number of rotatable bonds is 2. The lowest BCUT2D eigenvalue weighted by molar-refractivity contribution is 0.750. The van der Waals surface area contributed by atoms with Gasteiger partial charge in [-0.15, -0.1) is 0 Å². The minimum atomic E-state index is 0.309. The van der Waals surface area contributed by atoms with Gasteiger partial charge in [0.15, 0.2) is 5.82 Å². The van der Waals surface area contributed by atoms with Crippen LogP contribution in [-0.4, -0.2) is 20.6 Å². The van der Waals surface area contributed by atoms with Gasteiger partial charge in [0, 0.05) is 19.3 Å². The van der Waals surface area contributed by atoms with Crippen molar-refractivity contribution in [2.45, 2.75) is 31.7 Å². The molecule has 1 N–H and O–H groups in total. The van der Waals surface area contributed by atoms with Crippen LogP contribution in [0.1, 0.15) is 25.7 Å². The van der Waals surface area contributed by atoms with Crippen LogP contribution in [0.15, 0.2) is 12.3 Å². The number of hydrogen-bond donors (Lipinski definition) is 1. The van der Waals surface area contributed by atoms with Crippen molar-refractivity contribution in [3.63, 3.8) is 0 Å². The van der Waals surface area contributed by atoms with Gasteiger partial charge in [-0.1, -0.05) is 12.8 Å². The van der Waals surface area contributed by atoms with E-state index in [9.17, 15) is 0 Å². The molecule has 3 rings (SSSR count). The van der Waals surface area contributed by atoms with Gasteiger partial charge in [0.1, 0.15) is 5.52 Å². The lowest BCUT2D eigenvalue weighted by Gasteiger charge is -2.14. The zero-order valence-electron chi connectivity index (χ0n) is 9.78. The van der Waals surface area contributed by atoms with E-state index in [1.807, 2.05) is 23.9 Å². The number of aromatic nitrogens is 3. The number of nitrogens with zero attached hydrogens (tertiary/aromatic N) is 3. The maximum absolute atomic E-state index is 5.95. The van der Waals surface area contributed by atoms with E-state index in [1.54, 1.807) is 0 Å². The molecule has 1 fully saturated rings. The molecule has 0 saturated heterocycles. The van der Waals surface area contributed by atoms with Gasteiger partial charge in [-0.05, 0) is 30.5 Å². The minimum Gasteiger partial charge on any atom is -0.365 e. The molecule has 1 aliphatic carbocycles. The van der Waals surface area contributed by atoms with Crippen molar-refractivity contribution in [1.29, 1.82) is 0 Å². The second-order valence-corrected chi connectivity index (χ2v) is 4.97. The molecule has 0 radical (unpaired) electrons. The second kappa shape index (κ2) is 4.18. The SMILES string of the molecule is Cn1ccc2nc(Cl)nc(NC3CCCC3)c21. The van der Waals surface area contributed by atoms with E-state index in [0.29, 0.717) is 11.3 Å². The van der Waals surface area contributed by atoms with E-state index in [0.717, 1.165) is 16.9 Å². The number of anilines is 1. The van der Waals surface area contributed by atoms with Crippen molar-refractivity contribution in [3.05, 3.63) is 17.5 Å². The monoisotopic (exact) mass is 250 g/mol. The molecule has 0 atom stereocenters. The average Bonchev–Trinajstić information content (AvgIpc) is 2.89. The Bertz CT molecular complexity index is 543. The lowest BCUT2D eigenvalue weighted by atomic mass is 10.2. The van der Waals surface area contributed by atoms with Crippen molar-refractivity contribution in [2.75, 3.05) is 5.32 Å². The van der Waals surface area contributed by atoms with E-state index in [1.165, 1.54) is 25.7 Å². The van der Waals surface area contributed by atoms with Gasteiger partial charge in [0.25, 0.3) is 0 Å². The average molecular weight is 251 g/mol. The molecule has 5 heteroatoms. The van der Waals surface area contributed by atoms with Crippen LogP contribution in [0.3, 0.4) is 0 Å². The maximum atomic E-state index is 5.95. The highest BCUT2D eigenvalue weighted by atomic mass is 35.5. The zero-order chi connectivity index (χ0) is 11.8. The highest BCUT2D eigenvalue weighted by molar-refractivity contribution is 6.28. The van der Waals surface area contributed by atoms with E-state index in [-0.39, 0.29) is 0 Å². The Morgan fingerprint density at radius 1 is 1.35 bits per heavy atom. The van der Waals surface area contributed by atoms with E-state index >= 15 is 0 Å². The van der Waals surface area contributed by atoms with E-state index < -0.39 is 0 Å². The van der Waals surface area contributed by atoms with Crippen molar-refractivity contribution >= 4 is 28.5 Å². The Labute approximate surface area is 105 Å². The fraction of sp³-hybridized carbons (Fsp3) is 0.500. The topological polar surface area (TPSA) is 42.7 Å². The number of fused-ring (bicyclic) bond motifs is 1. The van der Waals surface area contributed by atoms with Crippen molar-refractivity contribution in [3.8, 4) is 0 Å². The third kappa shape index (κ3) is 1.97. The molecule has 0 unspecified atom stereocenters. The third-order valence-electron chi connectivity index (χ3n) is 3.39. The highest BCUT2D eigenvalue weighted by Crippen LogP contribution is 2.27. The van der Waals surface area contributed by atoms with Gasteiger partial charge in [-0.2, -0.15) is 4.98 Å². The standard InChI is InChI=1S/C12H15ClN4/c1-17-7-6-9-10(17)11(16-12(13)15-9)14-8-4-2-3-5-8/h6-8H,2-5H2,1H3,(H,14,15,16). The summed E-state index contributed by atoms with van der Waals surface area (Å²) in [5.74, 6) is 0.861. The first-order chi connectivity index (χ1) is 8.24. The summed E-state index contributed by atoms with van der Waals surface area (Å²) in [5.41, 5.74) is 1.93. The number of hydrogen-bond acceptors (Lipinski definition) is 3. The summed E-state index contributed by atoms with van der Waals surface area (Å²) < 4.78 is 2.03. The van der Waals surface area contributed by atoms with Gasteiger partial charge in [0.05, 0.1) is 5.52 Å². The molecular formula is C12H15ClN4. The summed E-state index contributed by atoms with van der Waals surface area (Å²) in [7, 11) is 2.00. The Balaban J connectivity index is 2.03. The first kappa shape index (κ1) is 10.8. The first-order valence-electron chi connectivity index (χ1n) is 5.99. The number of halogens is 1. The van der Waals surface area contributed by atoms with Gasteiger partial charge in [-0.25, -0.2) is 4.98 Å². The summed E-state index contributed by atoms with van der Waals surface area (Å²) in [4.78, 5) is 8.55. The third-order valence-corrected chi connectivity index (χ3v) is 3.56. The Morgan fingerprint density at radius 3 is 2.88 bits per heavy atom. The molecule has 0 bridgehead atoms. The minimum absolute atomic E-state index is 0.309. The highest BCUT2D eigenvalue weighted by Gasteiger charge is 2.18. The smallest absolute Gasteiger partial charge is 0.225 e. The van der Waals surface area contributed by atoms with Gasteiger partial charge < -0.3 is 9.88 Å². The molecule has 2 heterocycles. The Kier molecular flexibility index (Phi) is 2.67. The fourth-order valence-corrected chi connectivity index (χ4v) is 2.70. The molecule has 1 saturated carbocycles. The summed E-state index contributed by atoms with van der Waals surface area (Å²) in [6, 6.07) is 2.49. The maximum Gasteiger partial charge on any atom is 0.225 e. The number of nitrogens with one attached hydrogen (secondary N) is 1. The van der Waals surface area contributed by atoms with Crippen LogP contribution in [0.2, 0.25) is 5.28 Å². The quantitative estimate of drug-likeness (QED) is 0.834. The molecule has 0 aromatic carbocycles. The van der Waals surface area contributed by atoms with Crippen molar-refractivity contribution in [1.82, 2.24) is 14.5 Å². The largest absolute Gasteiger partial charge is 0.365 e. The molecule has 4 nitrogen and oxygen atoms in total. The molecule has 2 aromatic rings. The van der Waals surface area contributed by atoms with Crippen LogP contribution >= 0.6 is 11.6 Å². The zero-order valence-corrected chi connectivity index (χ0v) is 10.5. The summed E-state index contributed by atoms with van der Waals surface area (Å²) in [6.07, 6.45) is 7.01. The second-order valence-electron chi connectivity index (χ2n) is 4.63. The molecule has 0 spiro atoms. The van der Waals surface area contributed by atoms with Crippen LogP contribution in [0.4, 0.5) is 5.82 Å².